The molecule has 0 spiro atoms. The number of hydrogen-bond donors (Lipinski definition) is 1. The number of likely N-dealkylation sites (N-methyl/N-ethyl adjacent to an activating group) is 1. The van der Waals surface area contributed by atoms with E-state index in [-0.39, 0.29) is 5.91 Å². The standard InChI is InChI=1S/C20H20N4OS/c1-3-13-6-4-5-7-16(13)21-20-23-22-17(12-26-20)14-8-9-18-15(10-14)11-19(25)24(18)2/h4-10H,3,11-12H2,1-2H3,(H,21,23). The first-order valence-corrected chi connectivity index (χ1v) is 9.66. The van der Waals surface area contributed by atoms with Crippen molar-refractivity contribution >= 4 is 39.9 Å². The van der Waals surface area contributed by atoms with E-state index in [9.17, 15) is 4.79 Å². The molecular formula is C20H20N4OS. The summed E-state index contributed by atoms with van der Waals surface area (Å²) in [7, 11) is 1.82. The SMILES string of the molecule is CCc1ccccc1N=C1NN=C(c2ccc3c(c2)CC(=O)N3C)CS1. The van der Waals surface area contributed by atoms with Crippen LogP contribution in [0, 0.1) is 0 Å². The predicted octanol–water partition coefficient (Wildman–Crippen LogP) is 3.50. The third-order valence-electron chi connectivity index (χ3n) is 4.72. The Bertz CT molecular complexity index is 935. The summed E-state index contributed by atoms with van der Waals surface area (Å²) in [5.41, 5.74) is 9.38. The number of amidine groups is 1. The largest absolute Gasteiger partial charge is 0.315 e. The summed E-state index contributed by atoms with van der Waals surface area (Å²) >= 11 is 1.65. The van der Waals surface area contributed by atoms with Crippen LogP contribution < -0.4 is 10.3 Å². The van der Waals surface area contributed by atoms with E-state index in [0.29, 0.717) is 6.42 Å². The monoisotopic (exact) mass is 364 g/mol. The number of aliphatic imine (C=N–C) groups is 1. The van der Waals surface area contributed by atoms with E-state index >= 15 is 0 Å². The lowest BCUT2D eigenvalue weighted by atomic mass is 10.1. The van der Waals surface area contributed by atoms with Crippen LogP contribution in [0.1, 0.15) is 23.6 Å². The average molecular weight is 364 g/mol. The molecule has 2 aliphatic heterocycles. The molecule has 1 amide bonds. The highest BCUT2D eigenvalue weighted by atomic mass is 32.2. The molecule has 0 atom stereocenters. The van der Waals surface area contributed by atoms with Gasteiger partial charge < -0.3 is 4.90 Å². The molecular weight excluding hydrogens is 344 g/mol. The molecule has 1 N–H and O–H groups in total. The van der Waals surface area contributed by atoms with Gasteiger partial charge in [0.1, 0.15) is 0 Å². The zero-order valence-corrected chi connectivity index (χ0v) is 15.6. The van der Waals surface area contributed by atoms with Crippen LogP contribution in [0.5, 0.6) is 0 Å². The van der Waals surface area contributed by atoms with Gasteiger partial charge in [0.15, 0.2) is 5.17 Å². The highest BCUT2D eigenvalue weighted by molar-refractivity contribution is 8.14. The first-order valence-electron chi connectivity index (χ1n) is 8.67. The second kappa shape index (κ2) is 6.96. The number of carbonyl (C=O) groups is 1. The first kappa shape index (κ1) is 16.8. The maximum absolute atomic E-state index is 11.9. The Balaban J connectivity index is 1.54. The van der Waals surface area contributed by atoms with Crippen LogP contribution in [0.2, 0.25) is 0 Å². The minimum atomic E-state index is 0.138. The van der Waals surface area contributed by atoms with Crippen LogP contribution in [-0.4, -0.2) is 29.6 Å². The number of anilines is 1. The average Bonchev–Trinajstić information content (AvgIpc) is 2.96. The van der Waals surface area contributed by atoms with E-state index in [1.807, 2.05) is 37.4 Å². The number of nitrogens with zero attached hydrogens (tertiary/aromatic N) is 3. The van der Waals surface area contributed by atoms with Gasteiger partial charge in [-0.2, -0.15) is 5.10 Å². The fourth-order valence-electron chi connectivity index (χ4n) is 3.20. The Kier molecular flexibility index (Phi) is 4.51. The van der Waals surface area contributed by atoms with Gasteiger partial charge in [-0.05, 0) is 41.3 Å². The van der Waals surface area contributed by atoms with Crippen molar-refractivity contribution < 1.29 is 4.79 Å². The number of rotatable bonds is 3. The number of nitrogens with one attached hydrogen (secondary N) is 1. The van der Waals surface area contributed by atoms with Gasteiger partial charge in [-0.1, -0.05) is 43.0 Å². The number of hydrazone groups is 1. The Morgan fingerprint density at radius 2 is 2.12 bits per heavy atom. The van der Waals surface area contributed by atoms with Gasteiger partial charge in [0.05, 0.1) is 17.8 Å². The van der Waals surface area contributed by atoms with E-state index in [4.69, 9.17) is 4.99 Å². The number of aryl methyl sites for hydroxylation is 1. The van der Waals surface area contributed by atoms with Crippen molar-refractivity contribution in [2.24, 2.45) is 10.1 Å². The summed E-state index contributed by atoms with van der Waals surface area (Å²) in [6.07, 6.45) is 1.42. The number of carbonyl (C=O) groups excluding carboxylic acids is 1. The van der Waals surface area contributed by atoms with Gasteiger partial charge in [-0.15, -0.1) is 0 Å². The number of amides is 1. The van der Waals surface area contributed by atoms with Crippen molar-refractivity contribution in [1.29, 1.82) is 0 Å². The van der Waals surface area contributed by atoms with E-state index in [0.717, 1.165) is 45.6 Å². The molecule has 0 fully saturated rings. The molecule has 2 aliphatic rings. The summed E-state index contributed by atoms with van der Waals surface area (Å²) < 4.78 is 0. The molecule has 0 bridgehead atoms. The third kappa shape index (κ3) is 3.12. The highest BCUT2D eigenvalue weighted by Crippen LogP contribution is 2.29. The Morgan fingerprint density at radius 1 is 1.27 bits per heavy atom. The van der Waals surface area contributed by atoms with Gasteiger partial charge in [0, 0.05) is 18.5 Å². The minimum Gasteiger partial charge on any atom is -0.315 e. The molecule has 0 unspecified atom stereocenters. The van der Waals surface area contributed by atoms with Crippen molar-refractivity contribution in [2.75, 3.05) is 17.7 Å². The Hall–Kier alpha value is -2.60. The molecule has 2 aromatic carbocycles. The molecule has 132 valence electrons. The topological polar surface area (TPSA) is 57.1 Å². The summed E-state index contributed by atoms with van der Waals surface area (Å²) in [5.74, 6) is 0.891. The third-order valence-corrected chi connectivity index (χ3v) is 5.59. The fraction of sp³-hybridized carbons (Fsp3) is 0.250. The second-order valence-electron chi connectivity index (χ2n) is 6.33. The summed E-state index contributed by atoms with van der Waals surface area (Å²) in [5, 5.41) is 5.32. The van der Waals surface area contributed by atoms with E-state index in [2.05, 4.69) is 29.6 Å². The quantitative estimate of drug-likeness (QED) is 0.907. The summed E-state index contributed by atoms with van der Waals surface area (Å²) in [4.78, 5) is 18.3. The summed E-state index contributed by atoms with van der Waals surface area (Å²) in [6, 6.07) is 14.3. The minimum absolute atomic E-state index is 0.138. The zero-order valence-electron chi connectivity index (χ0n) is 14.8. The van der Waals surface area contributed by atoms with Gasteiger partial charge in [-0.3, -0.25) is 10.2 Å². The lowest BCUT2D eigenvalue weighted by Gasteiger charge is -2.16. The maximum Gasteiger partial charge on any atom is 0.231 e. The van der Waals surface area contributed by atoms with Gasteiger partial charge in [0.2, 0.25) is 5.91 Å². The molecule has 2 heterocycles. The Morgan fingerprint density at radius 3 is 2.88 bits per heavy atom. The van der Waals surface area contributed by atoms with Crippen molar-refractivity contribution in [3.05, 3.63) is 59.2 Å². The fourth-order valence-corrected chi connectivity index (χ4v) is 3.98. The van der Waals surface area contributed by atoms with E-state index in [1.54, 1.807) is 16.7 Å². The lowest BCUT2D eigenvalue weighted by Crippen LogP contribution is -2.25. The molecule has 0 saturated heterocycles. The van der Waals surface area contributed by atoms with Crippen molar-refractivity contribution in [3.8, 4) is 0 Å². The second-order valence-corrected chi connectivity index (χ2v) is 7.30. The first-order chi connectivity index (χ1) is 12.7. The molecule has 0 aromatic heterocycles. The number of para-hydroxylation sites is 1. The van der Waals surface area contributed by atoms with Crippen molar-refractivity contribution in [3.63, 3.8) is 0 Å². The van der Waals surface area contributed by atoms with Crippen molar-refractivity contribution in [1.82, 2.24) is 5.43 Å². The highest BCUT2D eigenvalue weighted by Gasteiger charge is 2.25. The predicted molar refractivity (Wildman–Crippen MR) is 109 cm³/mol. The molecule has 26 heavy (non-hydrogen) atoms. The Labute approximate surface area is 157 Å². The van der Waals surface area contributed by atoms with Gasteiger partial charge in [0.25, 0.3) is 0 Å². The molecule has 0 aliphatic carbocycles. The molecule has 6 heteroatoms. The normalized spacial score (nSPS) is 17.9. The van der Waals surface area contributed by atoms with Crippen LogP contribution in [0.3, 0.4) is 0 Å². The van der Waals surface area contributed by atoms with Crippen LogP contribution in [0.25, 0.3) is 0 Å². The maximum atomic E-state index is 11.9. The molecule has 4 rings (SSSR count). The van der Waals surface area contributed by atoms with Crippen LogP contribution in [0.15, 0.2) is 52.6 Å². The van der Waals surface area contributed by atoms with Gasteiger partial charge in [-0.25, -0.2) is 4.99 Å². The van der Waals surface area contributed by atoms with Crippen LogP contribution in [0.4, 0.5) is 11.4 Å². The summed E-state index contributed by atoms with van der Waals surface area (Å²) in [6.45, 7) is 2.13. The number of thioether (sulfide) groups is 1. The number of fused-ring (bicyclic) bond motifs is 1. The molecule has 0 radical (unpaired) electrons. The van der Waals surface area contributed by atoms with E-state index < -0.39 is 0 Å². The zero-order chi connectivity index (χ0) is 18.1. The molecule has 5 nitrogen and oxygen atoms in total. The number of benzene rings is 2. The van der Waals surface area contributed by atoms with Crippen LogP contribution in [-0.2, 0) is 17.6 Å². The van der Waals surface area contributed by atoms with E-state index in [1.165, 1.54) is 5.56 Å². The smallest absolute Gasteiger partial charge is 0.231 e. The molecule has 0 saturated carbocycles. The number of hydrogen-bond acceptors (Lipinski definition) is 4. The lowest BCUT2D eigenvalue weighted by molar-refractivity contribution is -0.117. The van der Waals surface area contributed by atoms with Crippen LogP contribution >= 0.6 is 11.8 Å². The van der Waals surface area contributed by atoms with Gasteiger partial charge >= 0.3 is 0 Å². The molecule has 2 aromatic rings. The van der Waals surface area contributed by atoms with Crippen molar-refractivity contribution in [2.45, 2.75) is 19.8 Å².